The summed E-state index contributed by atoms with van der Waals surface area (Å²) >= 11 is 6.36. The molecular weight excluding hydrogens is 406 g/mol. The van der Waals surface area contributed by atoms with Crippen LogP contribution in [0.2, 0.25) is 5.02 Å². The molecule has 3 N–H and O–H groups in total. The van der Waals surface area contributed by atoms with E-state index in [9.17, 15) is 14.4 Å². The number of hydrogen-bond donors (Lipinski definition) is 3. The molecular formula is C21H18ClN5O3. The zero-order valence-corrected chi connectivity index (χ0v) is 16.7. The topological polar surface area (TPSA) is 105 Å². The highest BCUT2D eigenvalue weighted by Gasteiger charge is 2.50. The fourth-order valence-electron chi connectivity index (χ4n) is 3.59. The van der Waals surface area contributed by atoms with E-state index in [-0.39, 0.29) is 17.1 Å². The molecule has 1 aliphatic rings. The van der Waals surface area contributed by atoms with Crippen LogP contribution in [0.25, 0.3) is 11.1 Å². The number of aromatic nitrogens is 2. The molecule has 4 rings (SSSR count). The molecule has 30 heavy (non-hydrogen) atoms. The van der Waals surface area contributed by atoms with Crippen LogP contribution >= 0.6 is 11.6 Å². The van der Waals surface area contributed by atoms with Crippen LogP contribution in [0.1, 0.15) is 16.1 Å². The Hall–Kier alpha value is -3.65. The summed E-state index contributed by atoms with van der Waals surface area (Å²) in [6.07, 6.45) is 1.51. The first-order chi connectivity index (χ1) is 14.4. The first-order valence-corrected chi connectivity index (χ1v) is 9.54. The summed E-state index contributed by atoms with van der Waals surface area (Å²) < 4.78 is 1.47. The summed E-state index contributed by atoms with van der Waals surface area (Å²) in [5.74, 6) is -1.03. The maximum absolute atomic E-state index is 13.1. The van der Waals surface area contributed by atoms with Crippen molar-refractivity contribution in [2.24, 2.45) is 7.05 Å². The van der Waals surface area contributed by atoms with E-state index in [4.69, 9.17) is 11.6 Å². The Morgan fingerprint density at radius 3 is 2.53 bits per heavy atom. The van der Waals surface area contributed by atoms with Crippen molar-refractivity contribution in [3.05, 3.63) is 77.1 Å². The van der Waals surface area contributed by atoms with Crippen LogP contribution in [0.4, 0.5) is 4.79 Å². The highest BCUT2D eigenvalue weighted by Crippen LogP contribution is 2.30. The fourth-order valence-corrected chi connectivity index (χ4v) is 3.85. The van der Waals surface area contributed by atoms with Gasteiger partial charge in [0.25, 0.3) is 11.8 Å². The summed E-state index contributed by atoms with van der Waals surface area (Å²) in [6.45, 7) is -0.178. The summed E-state index contributed by atoms with van der Waals surface area (Å²) in [6, 6.07) is 15.5. The van der Waals surface area contributed by atoms with Crippen LogP contribution in [0.3, 0.4) is 0 Å². The zero-order chi connectivity index (χ0) is 21.3. The van der Waals surface area contributed by atoms with Gasteiger partial charge in [-0.2, -0.15) is 5.10 Å². The third kappa shape index (κ3) is 3.31. The first kappa shape index (κ1) is 19.7. The molecule has 152 valence electrons. The minimum absolute atomic E-state index is 0.178. The molecule has 1 aromatic heterocycles. The van der Waals surface area contributed by atoms with Gasteiger partial charge in [0.05, 0.1) is 22.8 Å². The van der Waals surface area contributed by atoms with Gasteiger partial charge in [0, 0.05) is 13.2 Å². The fraction of sp³-hybridized carbons (Fsp3) is 0.143. The van der Waals surface area contributed by atoms with Crippen LogP contribution in [0.5, 0.6) is 0 Å². The normalized spacial score (nSPS) is 18.1. The number of carbonyl (C=O) groups is 3. The van der Waals surface area contributed by atoms with E-state index >= 15 is 0 Å². The first-order valence-electron chi connectivity index (χ1n) is 9.16. The number of aryl methyl sites for hydroxylation is 1. The van der Waals surface area contributed by atoms with E-state index in [1.807, 2.05) is 30.3 Å². The maximum atomic E-state index is 13.1. The molecule has 1 atom stereocenters. The van der Waals surface area contributed by atoms with Gasteiger partial charge in [-0.15, -0.1) is 0 Å². The summed E-state index contributed by atoms with van der Waals surface area (Å²) in [5.41, 5.74) is 0.740. The van der Waals surface area contributed by atoms with E-state index < -0.39 is 23.4 Å². The standard InChI is InChI=1S/C21H18ClN5O3/c1-27-16(10-11-24-27)21(19(29)25-20(30)26-21)12-23-18(28)17-14(8-5-9-15(17)22)13-6-3-2-4-7-13/h2-11H,12H2,1H3,(H,23,28)(H2,25,26,29,30). The van der Waals surface area contributed by atoms with Gasteiger partial charge in [0.1, 0.15) is 0 Å². The Balaban J connectivity index is 1.67. The van der Waals surface area contributed by atoms with Crippen molar-refractivity contribution in [2.45, 2.75) is 5.54 Å². The van der Waals surface area contributed by atoms with Gasteiger partial charge in [0.2, 0.25) is 0 Å². The Labute approximate surface area is 177 Å². The highest BCUT2D eigenvalue weighted by atomic mass is 35.5. The summed E-state index contributed by atoms with van der Waals surface area (Å²) in [4.78, 5) is 37.7. The number of benzene rings is 2. The molecule has 0 aliphatic carbocycles. The molecule has 1 aliphatic heterocycles. The quantitative estimate of drug-likeness (QED) is 0.547. The Bertz CT molecular complexity index is 1140. The molecule has 4 amide bonds. The number of halogens is 1. The molecule has 1 unspecified atom stereocenters. The van der Waals surface area contributed by atoms with Crippen molar-refractivity contribution in [1.82, 2.24) is 25.7 Å². The predicted octanol–water partition coefficient (Wildman–Crippen LogP) is 2.21. The third-order valence-electron chi connectivity index (χ3n) is 5.04. The van der Waals surface area contributed by atoms with Crippen molar-refractivity contribution in [2.75, 3.05) is 6.54 Å². The average molecular weight is 424 g/mol. The molecule has 0 bridgehead atoms. The summed E-state index contributed by atoms with van der Waals surface area (Å²) in [7, 11) is 1.65. The second-order valence-corrected chi connectivity index (χ2v) is 7.27. The number of nitrogens with one attached hydrogen (secondary N) is 3. The Morgan fingerprint density at radius 1 is 1.13 bits per heavy atom. The Kier molecular flexibility index (Phi) is 5.01. The van der Waals surface area contributed by atoms with E-state index in [0.717, 1.165) is 5.56 Å². The van der Waals surface area contributed by atoms with Crippen molar-refractivity contribution in [1.29, 1.82) is 0 Å². The van der Waals surface area contributed by atoms with E-state index in [0.29, 0.717) is 11.3 Å². The van der Waals surface area contributed by atoms with Gasteiger partial charge in [-0.25, -0.2) is 4.79 Å². The van der Waals surface area contributed by atoms with Crippen LogP contribution in [-0.2, 0) is 17.4 Å². The van der Waals surface area contributed by atoms with E-state index in [2.05, 4.69) is 21.0 Å². The van der Waals surface area contributed by atoms with Crippen molar-refractivity contribution < 1.29 is 14.4 Å². The van der Waals surface area contributed by atoms with Gasteiger partial charge in [0.15, 0.2) is 5.54 Å². The third-order valence-corrected chi connectivity index (χ3v) is 5.35. The molecule has 2 aromatic carbocycles. The minimum Gasteiger partial charge on any atom is -0.349 e. The lowest BCUT2D eigenvalue weighted by Gasteiger charge is -2.26. The van der Waals surface area contributed by atoms with Gasteiger partial charge < -0.3 is 10.6 Å². The molecule has 1 saturated heterocycles. The Morgan fingerprint density at radius 2 is 1.90 bits per heavy atom. The number of carbonyl (C=O) groups excluding carboxylic acids is 3. The molecule has 8 nitrogen and oxygen atoms in total. The van der Waals surface area contributed by atoms with Crippen LogP contribution in [-0.4, -0.2) is 34.2 Å². The number of hydrogen-bond acceptors (Lipinski definition) is 4. The van der Waals surface area contributed by atoms with Crippen molar-refractivity contribution in [3.63, 3.8) is 0 Å². The number of nitrogens with zero attached hydrogens (tertiary/aromatic N) is 2. The minimum atomic E-state index is -1.48. The molecule has 0 saturated carbocycles. The van der Waals surface area contributed by atoms with Crippen molar-refractivity contribution >= 4 is 29.4 Å². The number of amides is 4. The van der Waals surface area contributed by atoms with Crippen LogP contribution in [0, 0.1) is 0 Å². The van der Waals surface area contributed by atoms with Crippen LogP contribution < -0.4 is 16.0 Å². The molecule has 0 spiro atoms. The lowest BCUT2D eigenvalue weighted by atomic mass is 9.94. The van der Waals surface area contributed by atoms with Gasteiger partial charge in [-0.3, -0.25) is 19.6 Å². The van der Waals surface area contributed by atoms with Gasteiger partial charge >= 0.3 is 6.03 Å². The molecule has 2 heterocycles. The lowest BCUT2D eigenvalue weighted by Crippen LogP contribution is -2.53. The lowest BCUT2D eigenvalue weighted by molar-refractivity contribution is -0.124. The average Bonchev–Trinajstić information content (AvgIpc) is 3.29. The molecule has 1 fully saturated rings. The zero-order valence-electron chi connectivity index (χ0n) is 16.0. The maximum Gasteiger partial charge on any atom is 0.322 e. The van der Waals surface area contributed by atoms with E-state index in [1.165, 1.54) is 10.9 Å². The van der Waals surface area contributed by atoms with Gasteiger partial charge in [-0.1, -0.05) is 54.1 Å². The monoisotopic (exact) mass is 423 g/mol. The van der Waals surface area contributed by atoms with Crippen LogP contribution in [0.15, 0.2) is 60.8 Å². The van der Waals surface area contributed by atoms with Crippen molar-refractivity contribution in [3.8, 4) is 11.1 Å². The number of rotatable bonds is 5. The molecule has 0 radical (unpaired) electrons. The SMILES string of the molecule is Cn1nccc1C1(CNC(=O)c2c(Cl)cccc2-c2ccccc2)NC(=O)NC1=O. The highest BCUT2D eigenvalue weighted by molar-refractivity contribution is 6.34. The molecule has 9 heteroatoms. The summed E-state index contributed by atoms with van der Waals surface area (Å²) in [5, 5.41) is 12.0. The smallest absolute Gasteiger partial charge is 0.322 e. The second-order valence-electron chi connectivity index (χ2n) is 6.86. The van der Waals surface area contributed by atoms with Gasteiger partial charge in [-0.05, 0) is 23.3 Å². The largest absolute Gasteiger partial charge is 0.349 e. The van der Waals surface area contributed by atoms with E-state index in [1.54, 1.807) is 31.3 Å². The molecule has 3 aromatic rings. The number of imide groups is 1. The number of urea groups is 1. The second kappa shape index (κ2) is 7.64. The predicted molar refractivity (Wildman–Crippen MR) is 111 cm³/mol.